The molecule has 3 rings (SSSR count). The van der Waals surface area contributed by atoms with Crippen LogP contribution in [0.1, 0.15) is 21.6 Å². The van der Waals surface area contributed by atoms with E-state index in [4.69, 9.17) is 0 Å². The first-order valence-corrected chi connectivity index (χ1v) is 6.43. The number of nitrogens with zero attached hydrogens (tertiary/aromatic N) is 2. The van der Waals surface area contributed by atoms with Gasteiger partial charge in [-0.2, -0.15) is 5.10 Å². The fourth-order valence-electron chi connectivity index (χ4n) is 1.93. The number of aromatic amines is 1. The number of hydrogen-bond acceptors (Lipinski definition) is 3. The lowest BCUT2D eigenvalue weighted by atomic mass is 10.2. The van der Waals surface area contributed by atoms with Gasteiger partial charge in [0.25, 0.3) is 5.91 Å². The predicted octanol–water partition coefficient (Wildman–Crippen LogP) is 2.78. The fraction of sp³-hybridized carbons (Fsp3) is 0. The van der Waals surface area contributed by atoms with Crippen molar-refractivity contribution in [3.05, 3.63) is 71.8 Å². The van der Waals surface area contributed by atoms with E-state index in [0.717, 1.165) is 5.56 Å². The molecule has 0 atom stereocenters. The molecule has 0 amide bonds. The summed E-state index contributed by atoms with van der Waals surface area (Å²) >= 11 is 0. The van der Waals surface area contributed by atoms with Crippen molar-refractivity contribution in [1.29, 1.82) is 0 Å². The maximum absolute atomic E-state index is 12.2. The van der Waals surface area contributed by atoms with Gasteiger partial charge in [-0.05, 0) is 42.0 Å². The minimum absolute atomic E-state index is 0.0561. The summed E-state index contributed by atoms with van der Waals surface area (Å²) in [6.45, 7) is 0. The molecule has 3 aromatic rings. The molecule has 21 heavy (non-hydrogen) atoms. The van der Waals surface area contributed by atoms with Crippen molar-refractivity contribution in [2.75, 3.05) is 0 Å². The quantitative estimate of drug-likeness (QED) is 0.774. The topological polar surface area (TPSA) is 70.9 Å². The Kier molecular flexibility index (Phi) is 3.39. The van der Waals surface area contributed by atoms with Crippen LogP contribution < -0.4 is 0 Å². The molecule has 0 radical (unpaired) electrons. The van der Waals surface area contributed by atoms with Gasteiger partial charge in [-0.25, -0.2) is 4.68 Å². The molecule has 0 saturated carbocycles. The number of benzene rings is 1. The van der Waals surface area contributed by atoms with Crippen LogP contribution in [0, 0.1) is 0 Å². The van der Waals surface area contributed by atoms with Crippen LogP contribution in [0.25, 0.3) is 12.2 Å². The summed E-state index contributed by atoms with van der Waals surface area (Å²) in [6, 6.07) is 9.89. The van der Waals surface area contributed by atoms with Crippen LogP contribution in [0.15, 0.2) is 55.0 Å². The standard InChI is InChI=1S/C16H13N3O2/c20-15-3-1-2-13(10-15)16(21)19-9-7-14(18-19)5-4-12-6-8-17-11-12/h1-11,17,20H. The first-order chi connectivity index (χ1) is 10.2. The molecule has 0 aliphatic heterocycles. The Hall–Kier alpha value is -3.08. The molecule has 1 aromatic carbocycles. The van der Waals surface area contributed by atoms with E-state index in [0.29, 0.717) is 11.3 Å². The summed E-state index contributed by atoms with van der Waals surface area (Å²) in [7, 11) is 0. The summed E-state index contributed by atoms with van der Waals surface area (Å²) in [5.74, 6) is -0.229. The number of carbonyl (C=O) groups excluding carboxylic acids is 1. The summed E-state index contributed by atoms with van der Waals surface area (Å²) in [5, 5.41) is 13.6. The van der Waals surface area contributed by atoms with Crippen molar-refractivity contribution in [3.63, 3.8) is 0 Å². The van der Waals surface area contributed by atoms with Gasteiger partial charge < -0.3 is 10.1 Å². The Bertz CT molecular complexity index is 785. The molecule has 2 aromatic heterocycles. The summed E-state index contributed by atoms with van der Waals surface area (Å²) in [5.41, 5.74) is 2.10. The molecule has 0 saturated heterocycles. The van der Waals surface area contributed by atoms with Crippen molar-refractivity contribution < 1.29 is 9.90 Å². The van der Waals surface area contributed by atoms with Gasteiger partial charge in [0.15, 0.2) is 0 Å². The molecule has 0 spiro atoms. The van der Waals surface area contributed by atoms with E-state index in [2.05, 4.69) is 10.1 Å². The molecule has 0 aliphatic carbocycles. The van der Waals surface area contributed by atoms with Gasteiger partial charge in [0.05, 0.1) is 5.69 Å². The van der Waals surface area contributed by atoms with Gasteiger partial charge in [-0.1, -0.05) is 12.1 Å². The number of H-pyrrole nitrogens is 1. The number of carbonyl (C=O) groups is 1. The van der Waals surface area contributed by atoms with Crippen LogP contribution in [0.5, 0.6) is 5.75 Å². The minimum Gasteiger partial charge on any atom is -0.508 e. The lowest BCUT2D eigenvalue weighted by Crippen LogP contribution is -2.12. The number of nitrogens with one attached hydrogen (secondary N) is 1. The van der Waals surface area contributed by atoms with Gasteiger partial charge >= 0.3 is 0 Å². The number of phenolic OH excluding ortho intramolecular Hbond substituents is 1. The van der Waals surface area contributed by atoms with Crippen LogP contribution in [-0.2, 0) is 0 Å². The number of aromatic nitrogens is 3. The van der Waals surface area contributed by atoms with E-state index < -0.39 is 0 Å². The molecule has 2 heterocycles. The van der Waals surface area contributed by atoms with Crippen molar-refractivity contribution >= 4 is 18.1 Å². The van der Waals surface area contributed by atoms with E-state index in [1.54, 1.807) is 24.4 Å². The Morgan fingerprint density at radius 2 is 2.14 bits per heavy atom. The molecule has 0 aliphatic rings. The Morgan fingerprint density at radius 3 is 2.90 bits per heavy atom. The summed E-state index contributed by atoms with van der Waals surface area (Å²) in [6.07, 6.45) is 9.04. The lowest BCUT2D eigenvalue weighted by Gasteiger charge is -2.00. The van der Waals surface area contributed by atoms with Crippen LogP contribution >= 0.6 is 0 Å². The monoisotopic (exact) mass is 279 g/mol. The maximum Gasteiger partial charge on any atom is 0.278 e. The highest BCUT2D eigenvalue weighted by Crippen LogP contribution is 2.12. The fourth-order valence-corrected chi connectivity index (χ4v) is 1.93. The largest absolute Gasteiger partial charge is 0.508 e. The second kappa shape index (κ2) is 5.50. The Balaban J connectivity index is 1.80. The van der Waals surface area contributed by atoms with Crippen molar-refractivity contribution in [2.24, 2.45) is 0 Å². The third-order valence-electron chi connectivity index (χ3n) is 2.98. The van der Waals surface area contributed by atoms with E-state index in [-0.39, 0.29) is 11.7 Å². The smallest absolute Gasteiger partial charge is 0.278 e. The average molecular weight is 279 g/mol. The van der Waals surface area contributed by atoms with Gasteiger partial charge in [0.1, 0.15) is 5.75 Å². The van der Waals surface area contributed by atoms with Crippen molar-refractivity contribution in [2.45, 2.75) is 0 Å². The van der Waals surface area contributed by atoms with E-state index >= 15 is 0 Å². The zero-order valence-electron chi connectivity index (χ0n) is 11.1. The summed E-state index contributed by atoms with van der Waals surface area (Å²) < 4.78 is 1.26. The third kappa shape index (κ3) is 2.92. The number of rotatable bonds is 3. The van der Waals surface area contributed by atoms with E-state index in [1.807, 2.05) is 30.6 Å². The minimum atomic E-state index is -0.285. The third-order valence-corrected chi connectivity index (χ3v) is 2.98. The molecular weight excluding hydrogens is 266 g/mol. The normalized spacial score (nSPS) is 11.0. The van der Waals surface area contributed by atoms with Gasteiger partial charge in [0, 0.05) is 24.2 Å². The van der Waals surface area contributed by atoms with Crippen molar-refractivity contribution in [1.82, 2.24) is 14.8 Å². The maximum atomic E-state index is 12.2. The average Bonchev–Trinajstić information content (AvgIpc) is 3.16. The second-order valence-electron chi connectivity index (χ2n) is 4.52. The molecule has 104 valence electrons. The molecule has 2 N–H and O–H groups in total. The van der Waals surface area contributed by atoms with Crippen LogP contribution in [0.4, 0.5) is 0 Å². The number of hydrogen-bond donors (Lipinski definition) is 2. The first kappa shape index (κ1) is 12.9. The highest BCUT2D eigenvalue weighted by atomic mass is 16.3. The first-order valence-electron chi connectivity index (χ1n) is 6.43. The molecule has 5 heteroatoms. The SMILES string of the molecule is O=C(c1cccc(O)c1)n1ccc(C=Cc2cc[nH]c2)n1. The van der Waals surface area contributed by atoms with Gasteiger partial charge in [-0.15, -0.1) is 0 Å². The predicted molar refractivity (Wildman–Crippen MR) is 79.8 cm³/mol. The Labute approximate surface area is 121 Å². The van der Waals surface area contributed by atoms with E-state index in [1.165, 1.54) is 16.8 Å². The zero-order chi connectivity index (χ0) is 14.7. The lowest BCUT2D eigenvalue weighted by molar-refractivity contribution is 0.0944. The van der Waals surface area contributed by atoms with Gasteiger partial charge in [-0.3, -0.25) is 4.79 Å². The van der Waals surface area contributed by atoms with E-state index in [9.17, 15) is 9.90 Å². The Morgan fingerprint density at radius 1 is 1.24 bits per heavy atom. The molecular formula is C16H13N3O2. The summed E-state index contributed by atoms with van der Waals surface area (Å²) in [4.78, 5) is 15.2. The van der Waals surface area contributed by atoms with Crippen LogP contribution in [0.2, 0.25) is 0 Å². The van der Waals surface area contributed by atoms with Crippen molar-refractivity contribution in [3.8, 4) is 5.75 Å². The van der Waals surface area contributed by atoms with Crippen LogP contribution in [0.3, 0.4) is 0 Å². The highest BCUT2D eigenvalue weighted by molar-refractivity contribution is 5.95. The molecule has 0 unspecified atom stereocenters. The number of aromatic hydroxyl groups is 1. The molecule has 0 fully saturated rings. The molecule has 0 bridgehead atoms. The second-order valence-corrected chi connectivity index (χ2v) is 4.52. The highest BCUT2D eigenvalue weighted by Gasteiger charge is 2.09. The zero-order valence-corrected chi connectivity index (χ0v) is 11.1. The van der Waals surface area contributed by atoms with Crippen LogP contribution in [-0.4, -0.2) is 25.8 Å². The van der Waals surface area contributed by atoms with Gasteiger partial charge in [0.2, 0.25) is 0 Å². The molecule has 5 nitrogen and oxygen atoms in total. The number of phenols is 1.